The Morgan fingerprint density at radius 1 is 1.24 bits per heavy atom. The van der Waals surface area contributed by atoms with Crippen molar-refractivity contribution in [2.24, 2.45) is 0 Å². The molecule has 1 aromatic carbocycles. The highest BCUT2D eigenvalue weighted by atomic mass is 35.5. The van der Waals surface area contributed by atoms with E-state index in [4.69, 9.17) is 16.0 Å². The van der Waals surface area contributed by atoms with Crippen LogP contribution in [0.3, 0.4) is 0 Å². The molecule has 3 rings (SSSR count). The summed E-state index contributed by atoms with van der Waals surface area (Å²) in [4.78, 5) is 0. The van der Waals surface area contributed by atoms with Crippen LogP contribution in [0.25, 0.3) is 0 Å². The van der Waals surface area contributed by atoms with Crippen LogP contribution in [0.4, 0.5) is 5.13 Å². The minimum Gasteiger partial charge on any atom is -0.466 e. The number of furan rings is 1. The Bertz CT molecular complexity index is 856. The highest BCUT2D eigenvalue weighted by Crippen LogP contribution is 2.28. The van der Waals surface area contributed by atoms with Crippen LogP contribution < -0.4 is 5.32 Å². The second kappa shape index (κ2) is 7.15. The number of aliphatic hydroxyl groups is 1. The van der Waals surface area contributed by atoms with Gasteiger partial charge in [0.05, 0.1) is 0 Å². The Hall–Kier alpha value is -1.89. The Morgan fingerprint density at radius 2 is 1.96 bits per heavy atom. The third kappa shape index (κ3) is 4.39. The summed E-state index contributed by atoms with van der Waals surface area (Å²) in [7, 11) is 0. The normalized spacial score (nSPS) is 13.6. The molecule has 0 saturated carbocycles. The second-order valence-electron chi connectivity index (χ2n) is 6.26. The molecule has 3 aromatic rings. The molecule has 0 aliphatic rings. The van der Waals surface area contributed by atoms with Crippen molar-refractivity contribution >= 4 is 28.1 Å². The summed E-state index contributed by atoms with van der Waals surface area (Å²) >= 11 is 7.38. The Morgan fingerprint density at radius 3 is 2.60 bits per heavy atom. The average molecular weight is 378 g/mol. The topological polar surface area (TPSA) is 71.2 Å². The van der Waals surface area contributed by atoms with E-state index in [0.29, 0.717) is 18.1 Å². The van der Waals surface area contributed by atoms with Crippen LogP contribution >= 0.6 is 22.9 Å². The zero-order valence-electron chi connectivity index (χ0n) is 14.3. The molecule has 1 unspecified atom stereocenters. The predicted octanol–water partition coefficient (Wildman–Crippen LogP) is 4.31. The van der Waals surface area contributed by atoms with Gasteiger partial charge in [-0.3, -0.25) is 0 Å². The first-order chi connectivity index (χ1) is 11.8. The first-order valence-corrected chi connectivity index (χ1v) is 9.13. The quantitative estimate of drug-likeness (QED) is 0.669. The van der Waals surface area contributed by atoms with Crippen LogP contribution in [0.5, 0.6) is 0 Å². The van der Waals surface area contributed by atoms with Crippen molar-refractivity contribution in [2.45, 2.75) is 32.8 Å². The monoisotopic (exact) mass is 377 g/mol. The minimum absolute atomic E-state index is 0.322. The Kier molecular flexibility index (Phi) is 5.13. The molecule has 132 valence electrons. The fraction of sp³-hybridized carbons (Fsp3) is 0.333. The summed E-state index contributed by atoms with van der Waals surface area (Å²) in [6, 6.07) is 9.55. The van der Waals surface area contributed by atoms with E-state index in [1.165, 1.54) is 11.3 Å². The van der Waals surface area contributed by atoms with Gasteiger partial charge in [-0.15, -0.1) is 10.2 Å². The summed E-state index contributed by atoms with van der Waals surface area (Å²) in [5.41, 5.74) is 0.858. The number of anilines is 1. The van der Waals surface area contributed by atoms with Crippen LogP contribution in [0, 0.1) is 13.8 Å². The van der Waals surface area contributed by atoms with Crippen molar-refractivity contribution in [2.75, 3.05) is 11.9 Å². The molecular formula is C18H20ClN3O2S. The summed E-state index contributed by atoms with van der Waals surface area (Å²) in [6.07, 6.45) is 0.701. The fourth-order valence-electron chi connectivity index (χ4n) is 2.68. The number of halogens is 1. The lowest BCUT2D eigenvalue weighted by Gasteiger charge is -2.22. The molecule has 2 aromatic heterocycles. The van der Waals surface area contributed by atoms with Gasteiger partial charge in [0.2, 0.25) is 5.13 Å². The minimum atomic E-state index is -1.05. The van der Waals surface area contributed by atoms with Gasteiger partial charge in [-0.05, 0) is 44.5 Å². The van der Waals surface area contributed by atoms with Crippen LogP contribution in [-0.2, 0) is 12.0 Å². The highest BCUT2D eigenvalue weighted by molar-refractivity contribution is 7.15. The molecular weight excluding hydrogens is 358 g/mol. The number of nitrogens with zero attached hydrogens (tertiary/aromatic N) is 2. The van der Waals surface area contributed by atoms with E-state index < -0.39 is 5.60 Å². The summed E-state index contributed by atoms with van der Waals surface area (Å²) < 4.78 is 5.51. The molecule has 0 spiro atoms. The van der Waals surface area contributed by atoms with Gasteiger partial charge in [-0.2, -0.15) is 0 Å². The van der Waals surface area contributed by atoms with E-state index >= 15 is 0 Å². The molecule has 1 atom stereocenters. The maximum atomic E-state index is 10.7. The standard InChI is InChI=1S/C18H20ClN3O2S/c1-11-8-15(12(2)24-11)18(3,23)10-20-17-22-21-16(25-17)9-13-4-6-14(19)7-5-13/h4-8,23H,9-10H2,1-3H3,(H,20,22). The molecule has 2 N–H and O–H groups in total. The van der Waals surface area contributed by atoms with Crippen LogP contribution in [-0.4, -0.2) is 21.8 Å². The van der Waals surface area contributed by atoms with E-state index in [2.05, 4.69) is 15.5 Å². The lowest BCUT2D eigenvalue weighted by atomic mass is 9.96. The SMILES string of the molecule is Cc1cc(C(C)(O)CNc2nnc(Cc3ccc(Cl)cc3)s2)c(C)o1. The van der Waals surface area contributed by atoms with Crippen molar-refractivity contribution in [3.63, 3.8) is 0 Å². The zero-order chi connectivity index (χ0) is 18.0. The summed E-state index contributed by atoms with van der Waals surface area (Å²) in [6.45, 7) is 5.80. The van der Waals surface area contributed by atoms with Gasteiger partial charge in [-0.25, -0.2) is 0 Å². The van der Waals surface area contributed by atoms with Gasteiger partial charge in [0.1, 0.15) is 22.1 Å². The van der Waals surface area contributed by atoms with Crippen LogP contribution in [0.15, 0.2) is 34.7 Å². The highest BCUT2D eigenvalue weighted by Gasteiger charge is 2.27. The van der Waals surface area contributed by atoms with Gasteiger partial charge < -0.3 is 14.8 Å². The third-order valence-electron chi connectivity index (χ3n) is 3.94. The van der Waals surface area contributed by atoms with Crippen molar-refractivity contribution in [3.05, 3.63) is 63.0 Å². The van der Waals surface area contributed by atoms with Gasteiger partial charge in [0.25, 0.3) is 0 Å². The Balaban J connectivity index is 1.63. The van der Waals surface area contributed by atoms with Crippen molar-refractivity contribution in [1.82, 2.24) is 10.2 Å². The molecule has 0 fully saturated rings. The number of aryl methyl sites for hydroxylation is 2. The summed E-state index contributed by atoms with van der Waals surface area (Å²) in [5, 5.41) is 24.6. The molecule has 2 heterocycles. The number of rotatable bonds is 6. The average Bonchev–Trinajstić information content (AvgIpc) is 3.14. The van der Waals surface area contributed by atoms with E-state index in [1.807, 2.05) is 44.2 Å². The first kappa shape index (κ1) is 17.9. The van der Waals surface area contributed by atoms with E-state index in [1.54, 1.807) is 6.92 Å². The first-order valence-electron chi connectivity index (χ1n) is 7.94. The predicted molar refractivity (Wildman–Crippen MR) is 100 cm³/mol. The van der Waals surface area contributed by atoms with Gasteiger partial charge >= 0.3 is 0 Å². The van der Waals surface area contributed by atoms with E-state index in [9.17, 15) is 5.11 Å². The maximum absolute atomic E-state index is 10.7. The lowest BCUT2D eigenvalue weighted by molar-refractivity contribution is 0.0699. The molecule has 5 nitrogen and oxygen atoms in total. The van der Waals surface area contributed by atoms with Gasteiger partial charge in [0.15, 0.2) is 0 Å². The van der Waals surface area contributed by atoms with E-state index in [-0.39, 0.29) is 0 Å². The molecule has 0 bridgehead atoms. The Labute approximate surface area is 155 Å². The fourth-order valence-corrected chi connectivity index (χ4v) is 3.58. The smallest absolute Gasteiger partial charge is 0.205 e. The van der Waals surface area contributed by atoms with Crippen LogP contribution in [0.2, 0.25) is 5.02 Å². The van der Waals surface area contributed by atoms with Gasteiger partial charge in [-0.1, -0.05) is 35.1 Å². The number of hydrogen-bond donors (Lipinski definition) is 2. The number of nitrogens with one attached hydrogen (secondary N) is 1. The molecule has 0 radical (unpaired) electrons. The second-order valence-corrected chi connectivity index (χ2v) is 7.76. The molecule has 25 heavy (non-hydrogen) atoms. The lowest BCUT2D eigenvalue weighted by Crippen LogP contribution is -2.31. The van der Waals surface area contributed by atoms with Crippen molar-refractivity contribution < 1.29 is 9.52 Å². The molecule has 0 saturated heterocycles. The van der Waals surface area contributed by atoms with E-state index in [0.717, 1.165) is 32.7 Å². The molecule has 7 heteroatoms. The van der Waals surface area contributed by atoms with Crippen LogP contribution in [0.1, 0.15) is 34.6 Å². The number of benzene rings is 1. The maximum Gasteiger partial charge on any atom is 0.205 e. The molecule has 0 aliphatic carbocycles. The molecule has 0 aliphatic heterocycles. The number of aromatic nitrogens is 2. The van der Waals surface area contributed by atoms with Crippen molar-refractivity contribution in [3.8, 4) is 0 Å². The van der Waals surface area contributed by atoms with Gasteiger partial charge in [0, 0.05) is 23.6 Å². The molecule has 0 amide bonds. The number of hydrogen-bond acceptors (Lipinski definition) is 6. The largest absolute Gasteiger partial charge is 0.466 e. The third-order valence-corrected chi connectivity index (χ3v) is 5.07. The van der Waals surface area contributed by atoms with Crippen molar-refractivity contribution in [1.29, 1.82) is 0 Å². The summed E-state index contributed by atoms with van der Waals surface area (Å²) in [5.74, 6) is 1.51. The zero-order valence-corrected chi connectivity index (χ0v) is 15.9.